The van der Waals surface area contributed by atoms with Gasteiger partial charge in [0.2, 0.25) is 5.91 Å². The number of amides is 1. The normalized spacial score (nSPS) is 12.5. The Morgan fingerprint density at radius 1 is 1.32 bits per heavy atom. The predicted molar refractivity (Wildman–Crippen MR) is 94.8 cm³/mol. The third kappa shape index (κ3) is 5.75. The molecule has 0 bridgehead atoms. The minimum Gasteiger partial charge on any atom is -0.396 e. The molecule has 2 rings (SSSR count). The van der Waals surface area contributed by atoms with Crippen LogP contribution in [0.25, 0.3) is 6.08 Å². The molecule has 0 spiro atoms. The number of thiophene rings is 1. The molecule has 0 aliphatic rings. The van der Waals surface area contributed by atoms with E-state index in [1.165, 1.54) is 11.6 Å². The van der Waals surface area contributed by atoms with Gasteiger partial charge in [0, 0.05) is 29.6 Å². The molecule has 1 aromatic carbocycles. The van der Waals surface area contributed by atoms with Crippen LogP contribution >= 0.6 is 27.3 Å². The standard InChI is InChI=1S/C17H18BrNO2S/c18-16-4-1-13(2-5-16)3-6-17(21)19-10-15(11-20)9-14-7-8-22-12-14/h1-8,12,15,20H,9-11H2,(H,19,21)/b6-3+. The summed E-state index contributed by atoms with van der Waals surface area (Å²) in [5.74, 6) is -0.105. The van der Waals surface area contributed by atoms with Gasteiger partial charge in [-0.25, -0.2) is 0 Å². The van der Waals surface area contributed by atoms with Crippen LogP contribution in [0.1, 0.15) is 11.1 Å². The van der Waals surface area contributed by atoms with Gasteiger partial charge in [-0.2, -0.15) is 11.3 Å². The van der Waals surface area contributed by atoms with Crippen molar-refractivity contribution in [2.75, 3.05) is 13.2 Å². The first-order valence-electron chi connectivity index (χ1n) is 7.01. The molecule has 0 fully saturated rings. The Morgan fingerprint density at radius 2 is 2.09 bits per heavy atom. The minimum absolute atomic E-state index is 0.0413. The first-order chi connectivity index (χ1) is 10.7. The molecule has 1 amide bonds. The zero-order valence-corrected chi connectivity index (χ0v) is 14.4. The Hall–Kier alpha value is -1.43. The fraction of sp³-hybridized carbons (Fsp3) is 0.235. The predicted octanol–water partition coefficient (Wildman–Crippen LogP) is 3.49. The Bertz CT molecular complexity index is 608. The highest BCUT2D eigenvalue weighted by Crippen LogP contribution is 2.12. The van der Waals surface area contributed by atoms with Crippen molar-refractivity contribution in [2.45, 2.75) is 6.42 Å². The quantitative estimate of drug-likeness (QED) is 0.723. The summed E-state index contributed by atoms with van der Waals surface area (Å²) in [7, 11) is 0. The van der Waals surface area contributed by atoms with E-state index in [1.54, 1.807) is 17.4 Å². The number of nitrogens with one attached hydrogen (secondary N) is 1. The molecule has 2 aromatic rings. The van der Waals surface area contributed by atoms with Crippen LogP contribution in [0.15, 0.2) is 51.6 Å². The number of carbonyl (C=O) groups excluding carboxylic acids is 1. The summed E-state index contributed by atoms with van der Waals surface area (Å²) in [6, 6.07) is 9.77. The molecule has 0 saturated heterocycles. The smallest absolute Gasteiger partial charge is 0.244 e. The second-order valence-corrected chi connectivity index (χ2v) is 6.71. The molecule has 22 heavy (non-hydrogen) atoms. The van der Waals surface area contributed by atoms with Crippen molar-refractivity contribution in [3.8, 4) is 0 Å². The maximum atomic E-state index is 11.8. The average Bonchev–Trinajstić information content (AvgIpc) is 3.03. The van der Waals surface area contributed by atoms with Crippen LogP contribution in [0.2, 0.25) is 0 Å². The molecule has 1 atom stereocenters. The lowest BCUT2D eigenvalue weighted by Gasteiger charge is -2.13. The van der Waals surface area contributed by atoms with E-state index in [9.17, 15) is 9.90 Å². The molecular formula is C17H18BrNO2S. The third-order valence-electron chi connectivity index (χ3n) is 3.22. The van der Waals surface area contributed by atoms with E-state index >= 15 is 0 Å². The fourth-order valence-corrected chi connectivity index (χ4v) is 2.94. The van der Waals surface area contributed by atoms with Gasteiger partial charge in [-0.3, -0.25) is 4.79 Å². The molecule has 0 aliphatic carbocycles. The molecule has 3 nitrogen and oxygen atoms in total. The zero-order valence-electron chi connectivity index (χ0n) is 12.0. The highest BCUT2D eigenvalue weighted by atomic mass is 79.9. The Balaban J connectivity index is 1.79. The molecule has 0 aliphatic heterocycles. The van der Waals surface area contributed by atoms with E-state index in [0.717, 1.165) is 16.5 Å². The van der Waals surface area contributed by atoms with Gasteiger partial charge in [0.25, 0.3) is 0 Å². The van der Waals surface area contributed by atoms with E-state index in [-0.39, 0.29) is 18.4 Å². The van der Waals surface area contributed by atoms with Gasteiger partial charge in [-0.1, -0.05) is 28.1 Å². The van der Waals surface area contributed by atoms with E-state index in [2.05, 4.69) is 26.6 Å². The molecule has 0 radical (unpaired) electrons. The maximum Gasteiger partial charge on any atom is 0.244 e. The lowest BCUT2D eigenvalue weighted by Crippen LogP contribution is -2.30. The second kappa shape index (κ2) is 8.88. The van der Waals surface area contributed by atoms with Gasteiger partial charge in [-0.15, -0.1) is 0 Å². The number of aliphatic hydroxyl groups is 1. The second-order valence-electron chi connectivity index (χ2n) is 5.01. The van der Waals surface area contributed by atoms with Crippen molar-refractivity contribution in [3.63, 3.8) is 0 Å². The summed E-state index contributed by atoms with van der Waals surface area (Å²) >= 11 is 5.01. The van der Waals surface area contributed by atoms with Crippen LogP contribution in [0.5, 0.6) is 0 Å². The van der Waals surface area contributed by atoms with Gasteiger partial charge in [0.1, 0.15) is 0 Å². The van der Waals surface area contributed by atoms with E-state index < -0.39 is 0 Å². The van der Waals surface area contributed by atoms with Gasteiger partial charge in [-0.05, 0) is 52.6 Å². The third-order valence-corrected chi connectivity index (χ3v) is 4.49. The monoisotopic (exact) mass is 379 g/mol. The number of hydrogen-bond acceptors (Lipinski definition) is 3. The molecule has 1 unspecified atom stereocenters. The number of hydrogen-bond donors (Lipinski definition) is 2. The molecule has 116 valence electrons. The molecule has 1 aromatic heterocycles. The van der Waals surface area contributed by atoms with Crippen molar-refractivity contribution < 1.29 is 9.90 Å². The summed E-state index contributed by atoms with van der Waals surface area (Å²) in [5.41, 5.74) is 2.17. The molecule has 1 heterocycles. The Kier molecular flexibility index (Phi) is 6.83. The summed E-state index contributed by atoms with van der Waals surface area (Å²) < 4.78 is 1.01. The first kappa shape index (κ1) is 16.9. The Morgan fingerprint density at radius 3 is 2.73 bits per heavy atom. The summed E-state index contributed by atoms with van der Waals surface area (Å²) in [5, 5.41) is 16.3. The summed E-state index contributed by atoms with van der Waals surface area (Å²) in [6.45, 7) is 0.530. The van der Waals surface area contributed by atoms with E-state index in [4.69, 9.17) is 0 Å². The Labute approximate surface area is 142 Å². The zero-order chi connectivity index (χ0) is 15.8. The van der Waals surface area contributed by atoms with Crippen LogP contribution in [0.4, 0.5) is 0 Å². The average molecular weight is 380 g/mol. The van der Waals surface area contributed by atoms with Crippen LogP contribution in [0.3, 0.4) is 0 Å². The fourth-order valence-electron chi connectivity index (χ4n) is 1.99. The van der Waals surface area contributed by atoms with Crippen LogP contribution in [-0.2, 0) is 11.2 Å². The van der Waals surface area contributed by atoms with E-state index in [0.29, 0.717) is 6.54 Å². The molecular weight excluding hydrogens is 362 g/mol. The summed E-state index contributed by atoms with van der Waals surface area (Å²) in [4.78, 5) is 11.8. The lowest BCUT2D eigenvalue weighted by molar-refractivity contribution is -0.116. The van der Waals surface area contributed by atoms with Crippen molar-refractivity contribution in [2.24, 2.45) is 5.92 Å². The van der Waals surface area contributed by atoms with Gasteiger partial charge in [0.15, 0.2) is 0 Å². The number of rotatable bonds is 7. The number of halogens is 1. The first-order valence-corrected chi connectivity index (χ1v) is 8.74. The highest BCUT2D eigenvalue weighted by molar-refractivity contribution is 9.10. The van der Waals surface area contributed by atoms with Gasteiger partial charge >= 0.3 is 0 Å². The molecule has 5 heteroatoms. The van der Waals surface area contributed by atoms with Crippen LogP contribution < -0.4 is 5.32 Å². The topological polar surface area (TPSA) is 49.3 Å². The minimum atomic E-state index is -0.147. The molecule has 0 saturated carbocycles. The largest absolute Gasteiger partial charge is 0.396 e. The molecule has 2 N–H and O–H groups in total. The number of carbonyl (C=O) groups is 1. The summed E-state index contributed by atoms with van der Waals surface area (Å²) in [6.07, 6.45) is 4.06. The lowest BCUT2D eigenvalue weighted by atomic mass is 10.0. The highest BCUT2D eigenvalue weighted by Gasteiger charge is 2.09. The van der Waals surface area contributed by atoms with Crippen molar-refractivity contribution in [3.05, 3.63) is 62.8 Å². The SMILES string of the molecule is O=C(/C=C/c1ccc(Br)cc1)NCC(CO)Cc1ccsc1. The van der Waals surface area contributed by atoms with Gasteiger partial charge < -0.3 is 10.4 Å². The number of benzene rings is 1. The van der Waals surface area contributed by atoms with Crippen molar-refractivity contribution in [1.29, 1.82) is 0 Å². The maximum absolute atomic E-state index is 11.8. The van der Waals surface area contributed by atoms with Crippen molar-refractivity contribution >= 4 is 39.2 Å². The van der Waals surface area contributed by atoms with E-state index in [1.807, 2.05) is 35.7 Å². The van der Waals surface area contributed by atoms with Crippen LogP contribution in [0, 0.1) is 5.92 Å². The van der Waals surface area contributed by atoms with Crippen LogP contribution in [-0.4, -0.2) is 24.2 Å². The van der Waals surface area contributed by atoms with Gasteiger partial charge in [0.05, 0.1) is 0 Å². The van der Waals surface area contributed by atoms with Crippen molar-refractivity contribution in [1.82, 2.24) is 5.32 Å². The number of aliphatic hydroxyl groups excluding tert-OH is 1.